The number of unbranched alkanes of at least 4 members (excludes halogenated alkanes) is 6. The highest BCUT2D eigenvalue weighted by molar-refractivity contribution is 5.83. The summed E-state index contributed by atoms with van der Waals surface area (Å²) in [6.07, 6.45) is 7.88. The van der Waals surface area contributed by atoms with Crippen LogP contribution < -0.4 is 25.8 Å². The van der Waals surface area contributed by atoms with Crippen LogP contribution in [0.5, 0.6) is 5.75 Å². The highest BCUT2D eigenvalue weighted by Crippen LogP contribution is 2.24. The maximum absolute atomic E-state index is 12.6. The van der Waals surface area contributed by atoms with Crippen LogP contribution in [0.1, 0.15) is 70.8 Å². The van der Waals surface area contributed by atoms with E-state index in [2.05, 4.69) is 19.2 Å². The second kappa shape index (κ2) is 15.0. The Morgan fingerprint density at radius 1 is 0.892 bits per heavy atom. The maximum atomic E-state index is 12.6. The molecule has 2 aromatic rings. The van der Waals surface area contributed by atoms with Crippen LogP contribution in [-0.2, 0) is 11.2 Å². The zero-order chi connectivity index (χ0) is 27.4. The molecule has 2 rings (SSSR count). The smallest absolute Gasteiger partial charge is 0.414 e. The number of carbonyl (C=O) groups excluding carboxylic acids is 1. The minimum Gasteiger partial charge on any atom is -0.480 e. The van der Waals surface area contributed by atoms with Crippen LogP contribution in [0.3, 0.4) is 0 Å². The van der Waals surface area contributed by atoms with Gasteiger partial charge in [0.25, 0.3) is 10.9 Å². The predicted octanol–water partition coefficient (Wildman–Crippen LogP) is 4.42. The summed E-state index contributed by atoms with van der Waals surface area (Å²) in [6.45, 7) is 5.60. The first kappa shape index (κ1) is 29.9. The number of hydrogen-bond donors (Lipinski definition) is 2. The summed E-state index contributed by atoms with van der Waals surface area (Å²) in [5.41, 5.74) is -0.125. The first-order valence-corrected chi connectivity index (χ1v) is 13.2. The quantitative estimate of drug-likeness (QED) is 0.235. The van der Waals surface area contributed by atoms with Gasteiger partial charge in [0.05, 0.1) is 0 Å². The summed E-state index contributed by atoms with van der Waals surface area (Å²) in [4.78, 5) is 52.1. The number of ether oxygens (including phenoxy) is 1. The molecule has 2 N–H and O–H groups in total. The number of carboxylic acid groups (broad SMARTS) is 1. The summed E-state index contributed by atoms with van der Waals surface area (Å²) in [5.74, 6) is -0.784. The molecule has 204 valence electrons. The molecule has 37 heavy (non-hydrogen) atoms. The van der Waals surface area contributed by atoms with Crippen molar-refractivity contribution in [2.75, 3.05) is 37.4 Å². The lowest BCUT2D eigenvalue weighted by Gasteiger charge is -2.29. The fraction of sp³-hybridized carbons (Fsp3) is 0.571. The number of benzene rings is 1. The average molecular weight is 516 g/mol. The molecule has 0 aliphatic carbocycles. The lowest BCUT2D eigenvalue weighted by molar-refractivity contribution is -0.137. The average Bonchev–Trinajstić information content (AvgIpc) is 2.88. The van der Waals surface area contributed by atoms with E-state index in [1.54, 1.807) is 38.4 Å². The lowest BCUT2D eigenvalue weighted by Crippen LogP contribution is -2.46. The van der Waals surface area contributed by atoms with Crippen molar-refractivity contribution in [3.63, 3.8) is 0 Å². The Hall–Kier alpha value is -3.36. The van der Waals surface area contributed by atoms with E-state index < -0.39 is 29.0 Å². The molecular weight excluding hydrogens is 474 g/mol. The van der Waals surface area contributed by atoms with Crippen molar-refractivity contribution in [2.45, 2.75) is 77.7 Å². The molecule has 0 unspecified atom stereocenters. The van der Waals surface area contributed by atoms with Gasteiger partial charge in [-0.3, -0.25) is 9.59 Å². The number of carboxylic acids is 1. The van der Waals surface area contributed by atoms with E-state index in [-0.39, 0.29) is 12.1 Å². The van der Waals surface area contributed by atoms with Crippen molar-refractivity contribution in [3.05, 3.63) is 50.3 Å². The number of hydrogen-bond acceptors (Lipinski definition) is 7. The van der Waals surface area contributed by atoms with Crippen molar-refractivity contribution in [1.82, 2.24) is 4.90 Å². The number of aliphatic carboxylic acids is 1. The van der Waals surface area contributed by atoms with E-state index in [4.69, 9.17) is 4.74 Å². The van der Waals surface area contributed by atoms with Crippen molar-refractivity contribution < 1.29 is 19.4 Å². The third-order valence-corrected chi connectivity index (χ3v) is 6.31. The first-order chi connectivity index (χ1) is 17.7. The molecule has 0 fully saturated rings. The Morgan fingerprint density at radius 3 is 1.95 bits per heavy atom. The zero-order valence-electron chi connectivity index (χ0n) is 22.5. The third kappa shape index (κ3) is 8.91. The van der Waals surface area contributed by atoms with Crippen LogP contribution in [-0.4, -0.2) is 55.3 Å². The van der Waals surface area contributed by atoms with Crippen LogP contribution in [0, 0.1) is 0 Å². The summed E-state index contributed by atoms with van der Waals surface area (Å²) >= 11 is 0. The Labute approximate surface area is 219 Å². The fourth-order valence-electron chi connectivity index (χ4n) is 4.11. The van der Waals surface area contributed by atoms with Crippen LogP contribution in [0.4, 0.5) is 16.2 Å². The minimum atomic E-state index is -1.13. The predicted molar refractivity (Wildman–Crippen MR) is 147 cm³/mol. The number of rotatable bonds is 17. The van der Waals surface area contributed by atoms with Gasteiger partial charge >= 0.3 is 12.1 Å². The molecule has 9 heteroatoms. The molecule has 0 saturated heterocycles. The normalized spacial score (nSPS) is 11.8. The standard InChI is InChI=1S/C28H41N3O6/c1-5-7-9-11-17-31(18-12-10-8-6-2)24-23(25(32)26(24)33)29-22(27(34)35)19-20-13-15-21(16-14-20)37-28(36)30(3)4/h13-16,22,29H,5-12,17-19H2,1-4H3,(H,34,35)/t22-/m0/s1. The van der Waals surface area contributed by atoms with Crippen LogP contribution in [0.15, 0.2) is 33.9 Å². The molecule has 1 amide bonds. The highest BCUT2D eigenvalue weighted by Gasteiger charge is 2.29. The fourth-order valence-corrected chi connectivity index (χ4v) is 4.11. The molecule has 2 aromatic carbocycles. The van der Waals surface area contributed by atoms with Gasteiger partial charge in [0, 0.05) is 33.6 Å². The molecule has 0 aromatic heterocycles. The second-order valence-electron chi connectivity index (χ2n) is 9.64. The summed E-state index contributed by atoms with van der Waals surface area (Å²) in [7, 11) is 3.15. The van der Waals surface area contributed by atoms with Gasteiger partial charge in [0.15, 0.2) is 0 Å². The number of carbonyl (C=O) groups is 2. The molecule has 9 nitrogen and oxygen atoms in total. The second-order valence-corrected chi connectivity index (χ2v) is 9.64. The molecular formula is C28H41N3O6. The zero-order valence-corrected chi connectivity index (χ0v) is 22.5. The van der Waals surface area contributed by atoms with E-state index in [0.717, 1.165) is 51.4 Å². The Morgan fingerprint density at radius 2 is 1.46 bits per heavy atom. The van der Waals surface area contributed by atoms with E-state index in [1.165, 1.54) is 4.90 Å². The van der Waals surface area contributed by atoms with Crippen molar-refractivity contribution in [2.24, 2.45) is 0 Å². The number of nitrogens with zero attached hydrogens (tertiary/aromatic N) is 2. The van der Waals surface area contributed by atoms with Crippen LogP contribution in [0.2, 0.25) is 0 Å². The molecule has 0 aliphatic rings. The minimum absolute atomic E-state index is 0.0858. The Kier molecular flexibility index (Phi) is 12.1. The van der Waals surface area contributed by atoms with E-state index >= 15 is 0 Å². The summed E-state index contributed by atoms with van der Waals surface area (Å²) < 4.78 is 5.20. The molecule has 1 atom stereocenters. The van der Waals surface area contributed by atoms with Gasteiger partial charge in [-0.2, -0.15) is 0 Å². The topological polar surface area (TPSA) is 116 Å². The highest BCUT2D eigenvalue weighted by atomic mass is 16.6. The molecule has 0 heterocycles. The third-order valence-electron chi connectivity index (χ3n) is 6.31. The van der Waals surface area contributed by atoms with Crippen LogP contribution >= 0.6 is 0 Å². The lowest BCUT2D eigenvalue weighted by atomic mass is 10.0. The Balaban J connectivity index is 2.16. The number of amides is 1. The van der Waals surface area contributed by atoms with Crippen molar-refractivity contribution in [3.8, 4) is 5.75 Å². The largest absolute Gasteiger partial charge is 0.480 e. The van der Waals surface area contributed by atoms with E-state index in [1.807, 2.05) is 4.90 Å². The van der Waals surface area contributed by atoms with E-state index in [9.17, 15) is 24.3 Å². The Bertz CT molecular complexity index is 1060. The van der Waals surface area contributed by atoms with Gasteiger partial charge in [-0.15, -0.1) is 0 Å². The number of nitrogens with one attached hydrogen (secondary N) is 1. The van der Waals surface area contributed by atoms with Gasteiger partial charge in [-0.25, -0.2) is 9.59 Å². The summed E-state index contributed by atoms with van der Waals surface area (Å²) in [5, 5.41) is 12.7. The van der Waals surface area contributed by atoms with Gasteiger partial charge in [-0.05, 0) is 30.5 Å². The molecule has 0 saturated carbocycles. The van der Waals surface area contributed by atoms with Crippen molar-refractivity contribution in [1.29, 1.82) is 0 Å². The van der Waals surface area contributed by atoms with Gasteiger partial charge in [0.1, 0.15) is 23.2 Å². The number of anilines is 2. The first-order valence-electron chi connectivity index (χ1n) is 13.2. The van der Waals surface area contributed by atoms with E-state index in [0.29, 0.717) is 30.1 Å². The van der Waals surface area contributed by atoms with Crippen molar-refractivity contribution >= 4 is 23.4 Å². The molecule has 0 aliphatic heterocycles. The molecule has 0 bridgehead atoms. The molecule has 0 spiro atoms. The maximum Gasteiger partial charge on any atom is 0.414 e. The monoisotopic (exact) mass is 515 g/mol. The molecule has 0 radical (unpaired) electrons. The van der Waals surface area contributed by atoms with Crippen LogP contribution in [0.25, 0.3) is 0 Å². The summed E-state index contributed by atoms with van der Waals surface area (Å²) in [6, 6.07) is 5.43. The van der Waals surface area contributed by atoms with Gasteiger partial charge < -0.3 is 25.0 Å². The SMILES string of the molecule is CCCCCCN(CCCCCC)c1c(N[C@@H](Cc2ccc(OC(=O)N(C)C)cc2)C(=O)O)c(=O)c1=O. The van der Waals surface area contributed by atoms with Gasteiger partial charge in [0.2, 0.25) is 0 Å². The van der Waals surface area contributed by atoms with Gasteiger partial charge in [-0.1, -0.05) is 64.5 Å².